The van der Waals surface area contributed by atoms with Crippen LogP contribution < -0.4 is 15.7 Å². The minimum atomic E-state index is -0.518. The fraction of sp³-hybridized carbons (Fsp3) is 0.269. The van der Waals surface area contributed by atoms with E-state index in [0.29, 0.717) is 35.4 Å². The molecule has 2 aromatic heterocycles. The summed E-state index contributed by atoms with van der Waals surface area (Å²) in [6.07, 6.45) is 0.547. The zero-order valence-corrected chi connectivity index (χ0v) is 19.0. The molecule has 2 aromatic carbocycles. The van der Waals surface area contributed by atoms with E-state index in [0.717, 1.165) is 33.2 Å². The summed E-state index contributed by atoms with van der Waals surface area (Å²) in [6, 6.07) is 10.8. The lowest BCUT2D eigenvalue weighted by atomic mass is 10.0. The van der Waals surface area contributed by atoms with Crippen LogP contribution in [0.2, 0.25) is 0 Å². The van der Waals surface area contributed by atoms with Gasteiger partial charge in [-0.15, -0.1) is 0 Å². The monoisotopic (exact) mass is 447 g/mol. The lowest BCUT2D eigenvalue weighted by Crippen LogP contribution is -2.29. The maximum atomic E-state index is 12.6. The number of fused-ring (bicyclic) bond motifs is 2. The molecule has 0 aliphatic carbocycles. The molecule has 0 saturated heterocycles. The van der Waals surface area contributed by atoms with Crippen molar-refractivity contribution in [1.82, 2.24) is 5.32 Å². The molecule has 0 atom stereocenters. The van der Waals surface area contributed by atoms with E-state index in [1.54, 1.807) is 18.2 Å². The van der Waals surface area contributed by atoms with E-state index >= 15 is 0 Å². The summed E-state index contributed by atoms with van der Waals surface area (Å²) in [5, 5.41) is 4.61. The van der Waals surface area contributed by atoms with Gasteiger partial charge in [0.2, 0.25) is 5.91 Å². The summed E-state index contributed by atoms with van der Waals surface area (Å²) < 4.78 is 16.3. The van der Waals surface area contributed by atoms with Crippen molar-refractivity contribution < 1.29 is 23.2 Å². The number of benzene rings is 2. The van der Waals surface area contributed by atoms with E-state index in [-0.39, 0.29) is 18.3 Å². The molecule has 33 heavy (non-hydrogen) atoms. The van der Waals surface area contributed by atoms with Crippen molar-refractivity contribution in [3.8, 4) is 5.75 Å². The first kappa shape index (κ1) is 22.3. The van der Waals surface area contributed by atoms with Gasteiger partial charge < -0.3 is 18.9 Å². The summed E-state index contributed by atoms with van der Waals surface area (Å²) in [4.78, 5) is 36.1. The van der Waals surface area contributed by atoms with Crippen LogP contribution in [0, 0.1) is 20.8 Å². The molecule has 0 radical (unpaired) electrons. The highest BCUT2D eigenvalue weighted by Gasteiger charge is 2.17. The average Bonchev–Trinajstić information content (AvgIpc) is 3.03. The minimum absolute atomic E-state index is 0.0586. The van der Waals surface area contributed by atoms with Gasteiger partial charge in [0.15, 0.2) is 0 Å². The van der Waals surface area contributed by atoms with E-state index in [1.807, 2.05) is 39.0 Å². The summed E-state index contributed by atoms with van der Waals surface area (Å²) in [5.74, 6) is 0.674. The maximum absolute atomic E-state index is 12.6. The van der Waals surface area contributed by atoms with E-state index in [2.05, 4.69) is 5.32 Å². The van der Waals surface area contributed by atoms with Crippen LogP contribution in [0.15, 0.2) is 50.0 Å². The van der Waals surface area contributed by atoms with Crippen molar-refractivity contribution in [3.63, 3.8) is 0 Å². The largest absolute Gasteiger partial charge is 0.461 e. The topological polar surface area (TPSA) is 98.8 Å². The van der Waals surface area contributed by atoms with Gasteiger partial charge >= 0.3 is 11.6 Å². The minimum Gasteiger partial charge on any atom is -0.461 e. The summed E-state index contributed by atoms with van der Waals surface area (Å²) >= 11 is 0. The van der Waals surface area contributed by atoms with Crippen molar-refractivity contribution in [1.29, 1.82) is 0 Å². The number of hydrogen-bond acceptors (Lipinski definition) is 6. The van der Waals surface area contributed by atoms with Gasteiger partial charge in [-0.1, -0.05) is 12.1 Å². The number of amides is 1. The zero-order chi connectivity index (χ0) is 23.7. The number of rotatable bonds is 6. The average molecular weight is 447 g/mol. The van der Waals surface area contributed by atoms with Crippen molar-refractivity contribution in [2.75, 3.05) is 6.54 Å². The molecule has 2 heterocycles. The van der Waals surface area contributed by atoms with Gasteiger partial charge in [-0.05, 0) is 62.1 Å². The van der Waals surface area contributed by atoms with Crippen LogP contribution in [0.3, 0.4) is 0 Å². The molecule has 0 spiro atoms. The first-order valence-electron chi connectivity index (χ1n) is 10.7. The molecule has 0 aliphatic heterocycles. The Kier molecular flexibility index (Phi) is 6.05. The molecular weight excluding hydrogens is 422 g/mol. The fourth-order valence-corrected chi connectivity index (χ4v) is 3.89. The smallest absolute Gasteiger partial charge is 0.340 e. The molecule has 4 rings (SSSR count). The quantitative estimate of drug-likeness (QED) is 0.269. The highest BCUT2D eigenvalue weighted by Crippen LogP contribution is 2.31. The molecule has 0 aliphatic rings. The molecule has 0 unspecified atom stereocenters. The Morgan fingerprint density at radius 2 is 1.61 bits per heavy atom. The number of furan rings is 1. The fourth-order valence-electron chi connectivity index (χ4n) is 3.89. The maximum Gasteiger partial charge on any atom is 0.340 e. The molecule has 0 bridgehead atoms. The van der Waals surface area contributed by atoms with Crippen LogP contribution in [0.1, 0.15) is 34.9 Å². The van der Waals surface area contributed by atoms with Gasteiger partial charge in [0.1, 0.15) is 22.7 Å². The van der Waals surface area contributed by atoms with Crippen LogP contribution in [0.5, 0.6) is 5.75 Å². The molecule has 7 nitrogen and oxygen atoms in total. The second-order valence-electron chi connectivity index (χ2n) is 8.14. The van der Waals surface area contributed by atoms with Crippen molar-refractivity contribution in [2.24, 2.45) is 0 Å². The third-order valence-electron chi connectivity index (χ3n) is 5.84. The third kappa shape index (κ3) is 4.67. The highest BCUT2D eigenvalue weighted by molar-refractivity contribution is 5.97. The number of nitrogens with one attached hydrogen (secondary N) is 1. The van der Waals surface area contributed by atoms with Gasteiger partial charge in [-0.3, -0.25) is 9.59 Å². The molecule has 1 N–H and O–H groups in total. The molecule has 170 valence electrons. The molecule has 7 heteroatoms. The predicted molar refractivity (Wildman–Crippen MR) is 125 cm³/mol. The lowest BCUT2D eigenvalue weighted by Gasteiger charge is -2.09. The number of esters is 1. The number of carbonyl (C=O) groups is 2. The molecule has 0 saturated carbocycles. The lowest BCUT2D eigenvalue weighted by molar-refractivity contribution is -0.131. The van der Waals surface area contributed by atoms with E-state index < -0.39 is 5.63 Å². The molecule has 1 amide bonds. The Bertz CT molecular complexity index is 1430. The first-order valence-corrected chi connectivity index (χ1v) is 10.7. The van der Waals surface area contributed by atoms with Gasteiger partial charge in [-0.25, -0.2) is 4.79 Å². The Morgan fingerprint density at radius 1 is 0.939 bits per heavy atom. The number of ether oxygens (including phenoxy) is 1. The third-order valence-corrected chi connectivity index (χ3v) is 5.84. The summed E-state index contributed by atoms with van der Waals surface area (Å²) in [7, 11) is 0. The van der Waals surface area contributed by atoms with Crippen LogP contribution in [-0.2, 0) is 22.4 Å². The van der Waals surface area contributed by atoms with E-state index in [1.165, 1.54) is 6.92 Å². The second kappa shape index (κ2) is 8.94. The molecule has 0 fully saturated rings. The van der Waals surface area contributed by atoms with Gasteiger partial charge in [0.05, 0.1) is 12.0 Å². The Labute approximate surface area is 190 Å². The van der Waals surface area contributed by atoms with Crippen molar-refractivity contribution in [3.05, 3.63) is 74.8 Å². The summed E-state index contributed by atoms with van der Waals surface area (Å²) in [6.45, 7) is 7.48. The van der Waals surface area contributed by atoms with Crippen LogP contribution >= 0.6 is 0 Å². The highest BCUT2D eigenvalue weighted by atomic mass is 16.5. The van der Waals surface area contributed by atoms with Gasteiger partial charge in [0.25, 0.3) is 0 Å². The van der Waals surface area contributed by atoms with Crippen molar-refractivity contribution in [2.45, 2.75) is 40.5 Å². The predicted octanol–water partition coefficient (Wildman–Crippen LogP) is 4.29. The van der Waals surface area contributed by atoms with Crippen LogP contribution in [0.25, 0.3) is 21.9 Å². The molecule has 4 aromatic rings. The van der Waals surface area contributed by atoms with E-state index in [4.69, 9.17) is 13.6 Å². The standard InChI is InChI=1S/C26H25NO6/c1-14-16(3)31-23-13-24-21(11-20(14)23)15(2)22(26(30)33-24)12-25(29)27-10-9-18-5-7-19(8-6-18)32-17(4)28/h5-8,11,13H,9-10,12H2,1-4H3,(H,27,29). The first-order chi connectivity index (χ1) is 15.7. The Balaban J connectivity index is 1.46. The van der Waals surface area contributed by atoms with E-state index in [9.17, 15) is 14.4 Å². The Morgan fingerprint density at radius 3 is 2.30 bits per heavy atom. The van der Waals surface area contributed by atoms with Crippen LogP contribution in [0.4, 0.5) is 0 Å². The van der Waals surface area contributed by atoms with Crippen LogP contribution in [-0.4, -0.2) is 18.4 Å². The zero-order valence-electron chi connectivity index (χ0n) is 19.0. The number of aryl methyl sites for hydroxylation is 3. The SMILES string of the molecule is CC(=O)Oc1ccc(CCNC(=O)Cc2c(C)c3cc4c(C)c(C)oc4cc3oc2=O)cc1. The Hall–Kier alpha value is -3.87. The number of hydrogen-bond donors (Lipinski definition) is 1. The van der Waals surface area contributed by atoms with Gasteiger partial charge in [0, 0.05) is 30.3 Å². The number of carbonyl (C=O) groups excluding carboxylic acids is 2. The normalized spacial score (nSPS) is 11.2. The van der Waals surface area contributed by atoms with Crippen molar-refractivity contribution >= 4 is 33.8 Å². The van der Waals surface area contributed by atoms with Gasteiger partial charge in [-0.2, -0.15) is 0 Å². The second-order valence-corrected chi connectivity index (χ2v) is 8.14. The summed E-state index contributed by atoms with van der Waals surface area (Å²) in [5.41, 5.74) is 3.71. The molecular formula is C26H25NO6.